The highest BCUT2D eigenvalue weighted by atomic mass is 35.5. The zero-order valence-corrected chi connectivity index (χ0v) is 30.7. The minimum absolute atomic E-state index is 0.195. The van der Waals surface area contributed by atoms with E-state index in [1.54, 1.807) is 24.3 Å². The van der Waals surface area contributed by atoms with Crippen LogP contribution in [0, 0.1) is 0 Å². The Morgan fingerprint density at radius 3 is 1.87 bits per heavy atom. The number of rotatable bonds is 15. The molecule has 8 heteroatoms. The van der Waals surface area contributed by atoms with E-state index in [1.807, 2.05) is 36.4 Å². The van der Waals surface area contributed by atoms with Gasteiger partial charge in [0, 0.05) is 11.6 Å². The van der Waals surface area contributed by atoms with Crippen LogP contribution >= 0.6 is 11.6 Å². The monoisotopic (exact) mass is 677 g/mol. The highest BCUT2D eigenvalue weighted by Crippen LogP contribution is 2.39. The molecule has 239 valence electrons. The fraction of sp³-hybridized carbons (Fsp3) is 0.351. The lowest BCUT2D eigenvalue weighted by molar-refractivity contribution is 0.285. The molecule has 0 saturated carbocycles. The molecule has 4 aromatic carbocycles. The van der Waals surface area contributed by atoms with Crippen molar-refractivity contribution in [2.75, 3.05) is 6.61 Å². The molecule has 4 rings (SSSR count). The van der Waals surface area contributed by atoms with Gasteiger partial charge in [-0.25, -0.2) is 8.42 Å². The molecule has 1 unspecified atom stereocenters. The van der Waals surface area contributed by atoms with Crippen molar-refractivity contribution in [1.29, 1.82) is 0 Å². The summed E-state index contributed by atoms with van der Waals surface area (Å²) in [5.74, 6) is 0. The van der Waals surface area contributed by atoms with E-state index in [9.17, 15) is 8.42 Å². The second kappa shape index (κ2) is 15.8. The zero-order chi connectivity index (χ0) is 32.5. The number of unbranched alkanes of at least 4 members (excludes halogenated alkanes) is 2. The van der Waals surface area contributed by atoms with Gasteiger partial charge in [-0.05, 0) is 76.7 Å². The molecule has 0 N–H and O–H groups in total. The molecule has 1 radical (unpaired) electrons. The smallest absolute Gasteiger partial charge is 0.261 e. The molecule has 0 spiro atoms. The van der Waals surface area contributed by atoms with Crippen molar-refractivity contribution >= 4 is 49.2 Å². The first kappa shape index (κ1) is 35.3. The third-order valence-corrected chi connectivity index (χ3v) is 16.5. The van der Waals surface area contributed by atoms with E-state index in [-0.39, 0.29) is 9.93 Å². The average molecular weight is 678 g/mol. The highest BCUT2D eigenvalue weighted by Gasteiger charge is 2.50. The van der Waals surface area contributed by atoms with E-state index in [2.05, 4.69) is 82.4 Å². The van der Waals surface area contributed by atoms with Crippen LogP contribution in [-0.4, -0.2) is 32.4 Å². The number of sulfone groups is 1. The van der Waals surface area contributed by atoms with Gasteiger partial charge in [0.2, 0.25) is 9.04 Å². The Balaban J connectivity index is 1.73. The summed E-state index contributed by atoms with van der Waals surface area (Å²) >= 11 is 6.14. The molecule has 0 saturated heterocycles. The maximum atomic E-state index is 14.3. The van der Waals surface area contributed by atoms with Crippen LogP contribution in [0.4, 0.5) is 0 Å². The molecular formula is C37H46ClO4SSi2. The Bertz CT molecular complexity index is 1550. The fourth-order valence-corrected chi connectivity index (χ4v) is 13.2. The van der Waals surface area contributed by atoms with E-state index in [0.717, 1.165) is 37.0 Å². The second-order valence-electron chi connectivity index (χ2n) is 12.7. The minimum atomic E-state index is -3.72. The lowest BCUT2D eigenvalue weighted by Crippen LogP contribution is -2.66. The summed E-state index contributed by atoms with van der Waals surface area (Å²) in [5, 5.41) is 1.99. The Kier molecular flexibility index (Phi) is 12.4. The lowest BCUT2D eigenvalue weighted by atomic mass is 10.0. The van der Waals surface area contributed by atoms with Crippen molar-refractivity contribution in [3.63, 3.8) is 0 Å². The van der Waals surface area contributed by atoms with Crippen molar-refractivity contribution in [1.82, 2.24) is 0 Å². The van der Waals surface area contributed by atoms with Gasteiger partial charge in [-0.3, -0.25) is 0 Å². The quantitative estimate of drug-likeness (QED) is 0.0933. The van der Waals surface area contributed by atoms with Crippen LogP contribution in [0.2, 0.25) is 23.2 Å². The van der Waals surface area contributed by atoms with Gasteiger partial charge in [0.1, 0.15) is 0 Å². The molecule has 45 heavy (non-hydrogen) atoms. The normalized spacial score (nSPS) is 13.2. The van der Waals surface area contributed by atoms with Crippen LogP contribution in [0.5, 0.6) is 0 Å². The minimum Gasteiger partial charge on any atom is -0.417 e. The van der Waals surface area contributed by atoms with Crippen molar-refractivity contribution in [3.8, 4) is 0 Å². The third-order valence-electron chi connectivity index (χ3n) is 8.28. The van der Waals surface area contributed by atoms with E-state index < -0.39 is 32.4 Å². The molecule has 0 fully saturated rings. The maximum Gasteiger partial charge on any atom is 0.261 e. The van der Waals surface area contributed by atoms with Gasteiger partial charge in [0.15, 0.2) is 9.84 Å². The summed E-state index contributed by atoms with van der Waals surface area (Å²) in [4.78, 5) is 0.284. The van der Waals surface area contributed by atoms with Gasteiger partial charge in [-0.2, -0.15) is 0 Å². The van der Waals surface area contributed by atoms with E-state index in [4.69, 9.17) is 20.5 Å². The van der Waals surface area contributed by atoms with Crippen molar-refractivity contribution in [2.45, 2.75) is 81.3 Å². The highest BCUT2D eigenvalue weighted by molar-refractivity contribution is 7.91. The number of hydrogen-bond donors (Lipinski definition) is 0. The van der Waals surface area contributed by atoms with Crippen LogP contribution in [0.3, 0.4) is 0 Å². The topological polar surface area (TPSA) is 52.6 Å². The summed E-state index contributed by atoms with van der Waals surface area (Å²) in [5.41, 5.74) is 1.70. The van der Waals surface area contributed by atoms with Crippen LogP contribution in [0.1, 0.15) is 62.8 Å². The summed E-state index contributed by atoms with van der Waals surface area (Å²) in [6.07, 6.45) is 3.11. The standard InChI is InChI=1S/C37H46ClO4SSi2/c1-37(2,3)45(33-18-9-6-10-19-33,34-20-11-7-12-21-34)42-29-30-17-14-15-22-35(30)36(23-13-8-16-28-41-44(4)5)43(39,40)32-26-24-31(38)25-27-32/h6-7,9-12,14-15,17-22,24-27,36H,8,13,16,23,28-29H2,1-5H3. The molecule has 0 amide bonds. The largest absolute Gasteiger partial charge is 0.417 e. The van der Waals surface area contributed by atoms with Crippen LogP contribution in [0.25, 0.3) is 0 Å². The summed E-state index contributed by atoms with van der Waals surface area (Å²) in [7, 11) is -7.28. The fourth-order valence-electron chi connectivity index (χ4n) is 6.08. The van der Waals surface area contributed by atoms with Gasteiger partial charge >= 0.3 is 0 Å². The first-order chi connectivity index (χ1) is 21.5. The average Bonchev–Trinajstić information content (AvgIpc) is 3.02. The number of halogens is 1. The molecule has 0 aliphatic rings. The molecule has 0 aromatic heterocycles. The first-order valence-electron chi connectivity index (χ1n) is 15.7. The molecule has 0 aliphatic carbocycles. The molecule has 0 bridgehead atoms. The maximum absolute atomic E-state index is 14.3. The Labute approximate surface area is 278 Å². The number of benzene rings is 4. The van der Waals surface area contributed by atoms with E-state index in [1.165, 1.54) is 10.4 Å². The number of hydrogen-bond acceptors (Lipinski definition) is 4. The predicted octanol–water partition coefficient (Wildman–Crippen LogP) is 8.76. The molecule has 0 aliphatic heterocycles. The van der Waals surface area contributed by atoms with Gasteiger partial charge < -0.3 is 8.85 Å². The van der Waals surface area contributed by atoms with Gasteiger partial charge in [0.05, 0.1) is 16.8 Å². The lowest BCUT2D eigenvalue weighted by Gasteiger charge is -2.43. The summed E-state index contributed by atoms with van der Waals surface area (Å²) < 4.78 is 41.7. The van der Waals surface area contributed by atoms with Gasteiger partial charge in [0.25, 0.3) is 8.32 Å². The predicted molar refractivity (Wildman–Crippen MR) is 192 cm³/mol. The Morgan fingerprint density at radius 2 is 1.31 bits per heavy atom. The van der Waals surface area contributed by atoms with Crippen LogP contribution < -0.4 is 10.4 Å². The van der Waals surface area contributed by atoms with E-state index >= 15 is 0 Å². The molecular weight excluding hydrogens is 632 g/mol. The molecule has 4 aromatic rings. The zero-order valence-electron chi connectivity index (χ0n) is 27.1. The molecule has 1 atom stereocenters. The second-order valence-corrected chi connectivity index (χ2v) is 21.7. The van der Waals surface area contributed by atoms with Crippen molar-refractivity contribution in [2.24, 2.45) is 0 Å². The molecule has 4 nitrogen and oxygen atoms in total. The first-order valence-corrected chi connectivity index (χ1v) is 22.0. The van der Waals surface area contributed by atoms with Crippen LogP contribution in [0.15, 0.2) is 114 Å². The van der Waals surface area contributed by atoms with Gasteiger partial charge in [-0.1, -0.05) is 130 Å². The van der Waals surface area contributed by atoms with Crippen molar-refractivity contribution < 1.29 is 17.3 Å². The SMILES string of the molecule is C[Si](C)OCCCCCC(c1ccccc1CO[Si](c1ccccc1)(c1ccccc1)C(C)(C)C)S(=O)(=O)c1ccc(Cl)cc1. The van der Waals surface area contributed by atoms with E-state index in [0.29, 0.717) is 18.1 Å². The summed E-state index contributed by atoms with van der Waals surface area (Å²) in [6.45, 7) is 12.0. The molecule has 0 heterocycles. The van der Waals surface area contributed by atoms with Crippen LogP contribution in [-0.2, 0) is 25.3 Å². The van der Waals surface area contributed by atoms with Gasteiger partial charge in [-0.15, -0.1) is 0 Å². The third kappa shape index (κ3) is 8.64. The Hall–Kier alpha value is -2.53. The Morgan fingerprint density at radius 1 is 0.756 bits per heavy atom. The summed E-state index contributed by atoms with van der Waals surface area (Å²) in [6, 6.07) is 35.5. The van der Waals surface area contributed by atoms with Crippen molar-refractivity contribution in [3.05, 3.63) is 125 Å².